The van der Waals surface area contributed by atoms with E-state index in [-0.39, 0.29) is 17.5 Å². The molecule has 4 nitrogen and oxygen atoms in total. The predicted molar refractivity (Wildman–Crippen MR) is 71.9 cm³/mol. The van der Waals surface area contributed by atoms with Gasteiger partial charge >= 0.3 is 0 Å². The number of aromatic nitrogens is 1. The van der Waals surface area contributed by atoms with Gasteiger partial charge in [0.15, 0.2) is 0 Å². The maximum absolute atomic E-state index is 9.75. The SMILES string of the molecule is Cc1nc(CNC(C)c2ccc(O)cc2O)cs1. The van der Waals surface area contributed by atoms with Gasteiger partial charge < -0.3 is 15.5 Å². The van der Waals surface area contributed by atoms with Gasteiger partial charge in [-0.3, -0.25) is 0 Å². The Morgan fingerprint density at radius 3 is 2.78 bits per heavy atom. The second-order valence-electron chi connectivity index (χ2n) is 4.20. The summed E-state index contributed by atoms with van der Waals surface area (Å²) in [6, 6.07) is 4.63. The quantitative estimate of drug-likeness (QED) is 0.794. The summed E-state index contributed by atoms with van der Waals surface area (Å²) < 4.78 is 0. The van der Waals surface area contributed by atoms with E-state index in [1.54, 1.807) is 23.5 Å². The molecule has 0 aliphatic rings. The Morgan fingerprint density at radius 2 is 2.17 bits per heavy atom. The summed E-state index contributed by atoms with van der Waals surface area (Å²) in [6.45, 7) is 4.60. The summed E-state index contributed by atoms with van der Waals surface area (Å²) in [6.07, 6.45) is 0. The monoisotopic (exact) mass is 264 g/mol. The number of nitrogens with zero attached hydrogens (tertiary/aromatic N) is 1. The molecule has 0 spiro atoms. The highest BCUT2D eigenvalue weighted by Gasteiger charge is 2.11. The molecule has 0 saturated heterocycles. The molecule has 18 heavy (non-hydrogen) atoms. The van der Waals surface area contributed by atoms with E-state index in [2.05, 4.69) is 10.3 Å². The van der Waals surface area contributed by atoms with Crippen LogP contribution in [-0.2, 0) is 6.54 Å². The third-order valence-electron chi connectivity index (χ3n) is 2.74. The van der Waals surface area contributed by atoms with Gasteiger partial charge in [0, 0.05) is 29.6 Å². The molecule has 1 atom stereocenters. The van der Waals surface area contributed by atoms with Crippen molar-refractivity contribution in [2.45, 2.75) is 26.4 Å². The van der Waals surface area contributed by atoms with Crippen LogP contribution in [0.15, 0.2) is 23.6 Å². The van der Waals surface area contributed by atoms with E-state index in [4.69, 9.17) is 0 Å². The first-order chi connectivity index (χ1) is 8.56. The van der Waals surface area contributed by atoms with Gasteiger partial charge in [-0.25, -0.2) is 4.98 Å². The summed E-state index contributed by atoms with van der Waals surface area (Å²) in [7, 11) is 0. The third-order valence-corrected chi connectivity index (χ3v) is 3.56. The first-order valence-corrected chi connectivity index (χ1v) is 6.60. The summed E-state index contributed by atoms with van der Waals surface area (Å²) in [4.78, 5) is 4.37. The Morgan fingerprint density at radius 1 is 1.39 bits per heavy atom. The van der Waals surface area contributed by atoms with E-state index in [9.17, 15) is 10.2 Å². The van der Waals surface area contributed by atoms with Gasteiger partial charge in [-0.2, -0.15) is 0 Å². The Hall–Kier alpha value is -1.59. The van der Waals surface area contributed by atoms with E-state index in [0.29, 0.717) is 6.54 Å². The standard InChI is InChI=1S/C13H16N2O2S/c1-8(12-4-3-11(16)5-13(12)17)14-6-10-7-18-9(2)15-10/h3-5,7-8,14,16-17H,6H2,1-2H3. The number of nitrogens with one attached hydrogen (secondary N) is 1. The van der Waals surface area contributed by atoms with Crippen molar-refractivity contribution in [1.82, 2.24) is 10.3 Å². The molecule has 1 heterocycles. The van der Waals surface area contributed by atoms with Crippen LogP contribution in [0.4, 0.5) is 0 Å². The highest BCUT2D eigenvalue weighted by atomic mass is 32.1. The zero-order chi connectivity index (χ0) is 13.1. The normalized spacial score (nSPS) is 12.6. The molecule has 1 aromatic carbocycles. The molecule has 2 aromatic rings. The van der Waals surface area contributed by atoms with Gasteiger partial charge in [-0.15, -0.1) is 11.3 Å². The molecule has 0 aliphatic heterocycles. The van der Waals surface area contributed by atoms with Crippen LogP contribution >= 0.6 is 11.3 Å². The third kappa shape index (κ3) is 3.00. The molecular formula is C13H16N2O2S. The number of aryl methyl sites for hydroxylation is 1. The molecule has 5 heteroatoms. The Bertz CT molecular complexity index is 540. The highest BCUT2D eigenvalue weighted by molar-refractivity contribution is 7.09. The number of benzene rings is 1. The Labute approximate surface area is 110 Å². The number of hydrogen-bond donors (Lipinski definition) is 3. The van der Waals surface area contributed by atoms with Crippen molar-refractivity contribution in [2.75, 3.05) is 0 Å². The van der Waals surface area contributed by atoms with Gasteiger partial charge in [-0.05, 0) is 19.9 Å². The largest absolute Gasteiger partial charge is 0.508 e. The van der Waals surface area contributed by atoms with Crippen molar-refractivity contribution >= 4 is 11.3 Å². The Balaban J connectivity index is 2.01. The topological polar surface area (TPSA) is 65.4 Å². The molecule has 96 valence electrons. The van der Waals surface area contributed by atoms with Gasteiger partial charge in [0.05, 0.1) is 10.7 Å². The van der Waals surface area contributed by atoms with Crippen molar-refractivity contribution in [3.05, 3.63) is 39.8 Å². The lowest BCUT2D eigenvalue weighted by atomic mass is 10.1. The minimum atomic E-state index is -0.00685. The number of thiazole rings is 1. The lowest BCUT2D eigenvalue weighted by Crippen LogP contribution is -2.18. The second kappa shape index (κ2) is 5.37. The van der Waals surface area contributed by atoms with Crippen molar-refractivity contribution in [2.24, 2.45) is 0 Å². The fourth-order valence-corrected chi connectivity index (χ4v) is 2.37. The molecule has 1 unspecified atom stereocenters. The number of rotatable bonds is 4. The highest BCUT2D eigenvalue weighted by Crippen LogP contribution is 2.27. The minimum absolute atomic E-state index is 0.00685. The molecule has 0 bridgehead atoms. The number of phenolic OH excluding ortho intramolecular Hbond substituents is 2. The van der Waals surface area contributed by atoms with Crippen LogP contribution in [0.3, 0.4) is 0 Å². The summed E-state index contributed by atoms with van der Waals surface area (Å²) in [5, 5.41) is 25.3. The lowest BCUT2D eigenvalue weighted by molar-refractivity contribution is 0.435. The fraction of sp³-hybridized carbons (Fsp3) is 0.308. The number of phenols is 2. The molecule has 2 rings (SSSR count). The fourth-order valence-electron chi connectivity index (χ4n) is 1.76. The molecule has 0 radical (unpaired) electrons. The maximum atomic E-state index is 9.75. The van der Waals surface area contributed by atoms with Crippen LogP contribution in [0.25, 0.3) is 0 Å². The molecule has 3 N–H and O–H groups in total. The van der Waals surface area contributed by atoms with E-state index in [0.717, 1.165) is 16.3 Å². The molecule has 0 amide bonds. The first kappa shape index (κ1) is 12.9. The zero-order valence-electron chi connectivity index (χ0n) is 10.3. The van der Waals surface area contributed by atoms with Gasteiger partial charge in [0.1, 0.15) is 11.5 Å². The van der Waals surface area contributed by atoms with E-state index in [1.807, 2.05) is 19.2 Å². The lowest BCUT2D eigenvalue weighted by Gasteiger charge is -2.15. The zero-order valence-corrected chi connectivity index (χ0v) is 11.2. The van der Waals surface area contributed by atoms with Crippen LogP contribution in [0, 0.1) is 6.92 Å². The van der Waals surface area contributed by atoms with E-state index in [1.165, 1.54) is 6.07 Å². The van der Waals surface area contributed by atoms with Crippen molar-refractivity contribution in [3.63, 3.8) is 0 Å². The molecule has 1 aromatic heterocycles. The van der Waals surface area contributed by atoms with Crippen LogP contribution in [0.5, 0.6) is 11.5 Å². The number of hydrogen-bond acceptors (Lipinski definition) is 5. The Kier molecular flexibility index (Phi) is 3.84. The average Bonchev–Trinajstić information content (AvgIpc) is 2.72. The van der Waals surface area contributed by atoms with Crippen molar-refractivity contribution < 1.29 is 10.2 Å². The van der Waals surface area contributed by atoms with E-state index >= 15 is 0 Å². The van der Waals surface area contributed by atoms with Gasteiger partial charge in [-0.1, -0.05) is 6.07 Å². The van der Waals surface area contributed by atoms with E-state index < -0.39 is 0 Å². The van der Waals surface area contributed by atoms with Crippen LogP contribution in [-0.4, -0.2) is 15.2 Å². The molecule has 0 fully saturated rings. The predicted octanol–water partition coefficient (Wildman–Crippen LogP) is 2.71. The number of aromatic hydroxyl groups is 2. The first-order valence-electron chi connectivity index (χ1n) is 5.72. The summed E-state index contributed by atoms with van der Waals surface area (Å²) >= 11 is 1.62. The summed E-state index contributed by atoms with van der Waals surface area (Å²) in [5.74, 6) is 0.169. The van der Waals surface area contributed by atoms with Crippen molar-refractivity contribution in [1.29, 1.82) is 0 Å². The van der Waals surface area contributed by atoms with Crippen LogP contribution in [0.1, 0.15) is 29.2 Å². The molecule has 0 aliphatic carbocycles. The smallest absolute Gasteiger partial charge is 0.124 e. The van der Waals surface area contributed by atoms with Crippen molar-refractivity contribution in [3.8, 4) is 11.5 Å². The molecular weight excluding hydrogens is 248 g/mol. The average molecular weight is 264 g/mol. The van der Waals surface area contributed by atoms with Crippen LogP contribution in [0.2, 0.25) is 0 Å². The molecule has 0 saturated carbocycles. The summed E-state index contributed by atoms with van der Waals surface area (Å²) in [5.41, 5.74) is 1.77. The maximum Gasteiger partial charge on any atom is 0.124 e. The van der Waals surface area contributed by atoms with Crippen LogP contribution < -0.4 is 5.32 Å². The van der Waals surface area contributed by atoms with Gasteiger partial charge in [0.25, 0.3) is 0 Å². The minimum Gasteiger partial charge on any atom is -0.508 e. The second-order valence-corrected chi connectivity index (χ2v) is 5.27. The van der Waals surface area contributed by atoms with Gasteiger partial charge in [0.2, 0.25) is 0 Å².